The number of morpholine rings is 1. The largest absolute Gasteiger partial charge is 0.367 e. The van der Waals surface area contributed by atoms with Gasteiger partial charge in [0.25, 0.3) is 5.91 Å². The summed E-state index contributed by atoms with van der Waals surface area (Å²) in [6.45, 7) is 0.936. The van der Waals surface area contributed by atoms with Crippen LogP contribution in [0.5, 0.6) is 0 Å². The van der Waals surface area contributed by atoms with Gasteiger partial charge in [-0.1, -0.05) is 30.3 Å². The number of aromatic nitrogens is 1. The van der Waals surface area contributed by atoms with Gasteiger partial charge in [0.15, 0.2) is 6.10 Å². The minimum atomic E-state index is -0.743. The lowest BCUT2D eigenvalue weighted by atomic mass is 10.1. The topological polar surface area (TPSA) is 88.4 Å². The van der Waals surface area contributed by atoms with E-state index in [1.165, 1.54) is 0 Å². The van der Waals surface area contributed by atoms with Crippen molar-refractivity contribution in [2.24, 2.45) is 5.73 Å². The molecule has 0 spiro atoms. The number of nitrogens with zero attached hydrogens (tertiary/aromatic N) is 1. The number of ether oxygens (including phenoxy) is 1. The maximum Gasteiger partial charge on any atom is 0.270 e. The molecule has 0 aliphatic carbocycles. The van der Waals surface area contributed by atoms with E-state index in [0.717, 1.165) is 21.7 Å². The van der Waals surface area contributed by atoms with Gasteiger partial charge in [0.05, 0.1) is 13.2 Å². The fourth-order valence-corrected chi connectivity index (χ4v) is 3.18. The number of carbonyl (C=O) groups is 2. The average molecular weight is 323 g/mol. The summed E-state index contributed by atoms with van der Waals surface area (Å²) in [5.74, 6) is -0.694. The van der Waals surface area contributed by atoms with Gasteiger partial charge in [-0.15, -0.1) is 0 Å². The first-order valence-electron chi connectivity index (χ1n) is 7.84. The summed E-state index contributed by atoms with van der Waals surface area (Å²) in [4.78, 5) is 28.8. The van der Waals surface area contributed by atoms with Gasteiger partial charge in [-0.05, 0) is 22.9 Å². The highest BCUT2D eigenvalue weighted by atomic mass is 16.5. The first-order valence-corrected chi connectivity index (χ1v) is 7.84. The number of aromatic amines is 1. The van der Waals surface area contributed by atoms with E-state index in [-0.39, 0.29) is 12.5 Å². The lowest BCUT2D eigenvalue weighted by Gasteiger charge is -2.31. The Hall–Kier alpha value is -2.86. The summed E-state index contributed by atoms with van der Waals surface area (Å²) in [7, 11) is 0. The lowest BCUT2D eigenvalue weighted by Crippen LogP contribution is -2.50. The molecule has 3 aromatic rings. The Balaban J connectivity index is 1.70. The van der Waals surface area contributed by atoms with Crippen molar-refractivity contribution in [3.63, 3.8) is 0 Å². The first-order chi connectivity index (χ1) is 11.6. The number of primary amides is 1. The third-order valence-electron chi connectivity index (χ3n) is 4.43. The third kappa shape index (κ3) is 2.41. The van der Waals surface area contributed by atoms with Crippen LogP contribution < -0.4 is 5.73 Å². The molecular weight excluding hydrogens is 306 g/mol. The monoisotopic (exact) mass is 323 g/mol. The van der Waals surface area contributed by atoms with Crippen molar-refractivity contribution in [1.29, 1.82) is 0 Å². The van der Waals surface area contributed by atoms with Crippen molar-refractivity contribution in [3.8, 4) is 0 Å². The SMILES string of the molecule is NC(=O)[C@H]1CN(C(=O)c2cc3c(ccc4ccccc43)[nH]2)CCO1. The van der Waals surface area contributed by atoms with E-state index in [9.17, 15) is 9.59 Å². The van der Waals surface area contributed by atoms with Gasteiger partial charge < -0.3 is 20.4 Å². The van der Waals surface area contributed by atoms with Gasteiger partial charge in [0.2, 0.25) is 5.91 Å². The van der Waals surface area contributed by atoms with E-state index in [2.05, 4.69) is 4.98 Å². The molecule has 122 valence electrons. The van der Waals surface area contributed by atoms with Crippen molar-refractivity contribution < 1.29 is 14.3 Å². The molecule has 1 aliphatic heterocycles. The van der Waals surface area contributed by atoms with Crippen LogP contribution in [-0.2, 0) is 9.53 Å². The van der Waals surface area contributed by atoms with Crippen LogP contribution in [0, 0.1) is 0 Å². The fourth-order valence-electron chi connectivity index (χ4n) is 3.18. The predicted molar refractivity (Wildman–Crippen MR) is 90.6 cm³/mol. The predicted octanol–water partition coefficient (Wildman–Crippen LogP) is 1.65. The van der Waals surface area contributed by atoms with Gasteiger partial charge >= 0.3 is 0 Å². The molecule has 1 saturated heterocycles. The highest BCUT2D eigenvalue weighted by molar-refractivity contribution is 6.09. The van der Waals surface area contributed by atoms with Crippen molar-refractivity contribution >= 4 is 33.5 Å². The molecule has 3 N–H and O–H groups in total. The summed E-state index contributed by atoms with van der Waals surface area (Å²) >= 11 is 0. The highest BCUT2D eigenvalue weighted by Crippen LogP contribution is 2.26. The van der Waals surface area contributed by atoms with Crippen LogP contribution in [0.3, 0.4) is 0 Å². The summed E-state index contributed by atoms with van der Waals surface area (Å²) in [6, 6.07) is 13.9. The van der Waals surface area contributed by atoms with Gasteiger partial charge in [0.1, 0.15) is 5.69 Å². The number of rotatable bonds is 2. The molecule has 1 aliphatic rings. The molecule has 4 rings (SSSR count). The Morgan fingerprint density at radius 3 is 2.83 bits per heavy atom. The molecule has 6 nitrogen and oxygen atoms in total. The number of hydrogen-bond donors (Lipinski definition) is 2. The number of H-pyrrole nitrogens is 1. The Labute approximate surface area is 138 Å². The van der Waals surface area contributed by atoms with Crippen LogP contribution in [0.15, 0.2) is 42.5 Å². The molecule has 0 saturated carbocycles. The maximum atomic E-state index is 12.8. The maximum absolute atomic E-state index is 12.8. The molecule has 0 bridgehead atoms. The second kappa shape index (κ2) is 5.65. The van der Waals surface area contributed by atoms with Crippen molar-refractivity contribution in [3.05, 3.63) is 48.2 Å². The molecule has 0 unspecified atom stereocenters. The normalized spacial score (nSPS) is 18.2. The van der Waals surface area contributed by atoms with Crippen LogP contribution in [0.25, 0.3) is 21.7 Å². The van der Waals surface area contributed by atoms with Crippen LogP contribution in [-0.4, -0.2) is 47.5 Å². The molecule has 0 radical (unpaired) electrons. The molecule has 2 heterocycles. The molecule has 1 aromatic heterocycles. The minimum Gasteiger partial charge on any atom is -0.367 e. The number of amides is 2. The summed E-state index contributed by atoms with van der Waals surface area (Å²) in [5.41, 5.74) is 6.70. The highest BCUT2D eigenvalue weighted by Gasteiger charge is 2.29. The van der Waals surface area contributed by atoms with Crippen molar-refractivity contribution in [2.45, 2.75) is 6.10 Å². The molecule has 24 heavy (non-hydrogen) atoms. The zero-order chi connectivity index (χ0) is 16.7. The smallest absolute Gasteiger partial charge is 0.270 e. The number of nitrogens with two attached hydrogens (primary N) is 1. The molecule has 1 fully saturated rings. The summed E-state index contributed by atoms with van der Waals surface area (Å²) in [5, 5.41) is 3.24. The number of hydrogen-bond acceptors (Lipinski definition) is 3. The quantitative estimate of drug-likeness (QED) is 0.751. The molecule has 6 heteroatoms. The first kappa shape index (κ1) is 14.7. The second-order valence-electron chi connectivity index (χ2n) is 5.94. The zero-order valence-corrected chi connectivity index (χ0v) is 13.0. The van der Waals surface area contributed by atoms with E-state index >= 15 is 0 Å². The Morgan fingerprint density at radius 1 is 1.17 bits per heavy atom. The Bertz CT molecular complexity index is 947. The third-order valence-corrected chi connectivity index (χ3v) is 4.43. The van der Waals surface area contributed by atoms with Gasteiger partial charge in [-0.25, -0.2) is 0 Å². The standard InChI is InChI=1S/C18H17N3O3/c19-17(22)16-10-21(7-8-24-16)18(23)15-9-13-12-4-2-1-3-11(12)5-6-14(13)20-15/h1-6,9,16,20H,7-8,10H2,(H2,19,22)/t16-/m1/s1. The molecule has 2 amide bonds. The van der Waals surface area contributed by atoms with Crippen LogP contribution in [0.4, 0.5) is 0 Å². The van der Waals surface area contributed by atoms with Crippen LogP contribution in [0.2, 0.25) is 0 Å². The summed E-state index contributed by atoms with van der Waals surface area (Å²) in [6.07, 6.45) is -0.743. The van der Waals surface area contributed by atoms with Crippen molar-refractivity contribution in [1.82, 2.24) is 9.88 Å². The number of benzene rings is 2. The van der Waals surface area contributed by atoms with Crippen molar-refractivity contribution in [2.75, 3.05) is 19.7 Å². The van der Waals surface area contributed by atoms with Crippen LogP contribution in [0.1, 0.15) is 10.5 Å². The Morgan fingerprint density at radius 2 is 2.00 bits per heavy atom. The van der Waals surface area contributed by atoms with Gasteiger partial charge in [-0.2, -0.15) is 0 Å². The van der Waals surface area contributed by atoms with Gasteiger partial charge in [-0.3, -0.25) is 9.59 Å². The lowest BCUT2D eigenvalue weighted by molar-refractivity contribution is -0.133. The molecular formula is C18H17N3O3. The fraction of sp³-hybridized carbons (Fsp3) is 0.222. The number of nitrogens with one attached hydrogen (secondary N) is 1. The average Bonchev–Trinajstić information content (AvgIpc) is 3.06. The van der Waals surface area contributed by atoms with Gasteiger partial charge in [0, 0.05) is 17.4 Å². The van der Waals surface area contributed by atoms with E-state index in [0.29, 0.717) is 18.8 Å². The van der Waals surface area contributed by atoms with Crippen LogP contribution >= 0.6 is 0 Å². The molecule has 1 atom stereocenters. The summed E-state index contributed by atoms with van der Waals surface area (Å²) < 4.78 is 5.29. The number of carbonyl (C=O) groups excluding carboxylic acids is 2. The number of fused-ring (bicyclic) bond motifs is 3. The second-order valence-corrected chi connectivity index (χ2v) is 5.94. The zero-order valence-electron chi connectivity index (χ0n) is 13.0. The van der Waals surface area contributed by atoms with E-state index in [1.807, 2.05) is 42.5 Å². The Kier molecular flexibility index (Phi) is 3.46. The molecule has 2 aromatic carbocycles. The minimum absolute atomic E-state index is 0.148. The van der Waals surface area contributed by atoms with E-state index in [4.69, 9.17) is 10.5 Å². The van der Waals surface area contributed by atoms with E-state index in [1.54, 1.807) is 4.90 Å². The van der Waals surface area contributed by atoms with E-state index < -0.39 is 12.0 Å².